The van der Waals surface area contributed by atoms with Gasteiger partial charge in [0.15, 0.2) is 24.3 Å². The zero-order valence-electron chi connectivity index (χ0n) is 41.4. The number of rotatable bonds is 21. The van der Waals surface area contributed by atoms with Crippen molar-refractivity contribution in [3.63, 3.8) is 0 Å². The van der Waals surface area contributed by atoms with Crippen LogP contribution in [0.15, 0.2) is 79.5 Å². The SMILES string of the molecule is CC1CCC(C=[N+](CCNC(=O)c2cnn(C3CCN(C(=O)CCCCCCCCCCNC(=O)C4CC(=O)N(C)C4)CC3)c2)c2ccnc(C(N)=O)c2)O1.COc1cccc(F)c1F.c1ccncc1. The largest absolute Gasteiger partial charge is 0.494 e. The van der Waals surface area contributed by atoms with E-state index in [0.717, 1.165) is 88.8 Å². The van der Waals surface area contributed by atoms with Crippen LogP contribution in [0.1, 0.15) is 124 Å². The number of likely N-dealkylation sites (tertiary alicyclic amines) is 2. The van der Waals surface area contributed by atoms with Crippen LogP contribution in [0.3, 0.4) is 0 Å². The van der Waals surface area contributed by atoms with Crippen LogP contribution >= 0.6 is 0 Å². The van der Waals surface area contributed by atoms with Gasteiger partial charge in [-0.05, 0) is 69.7 Å². The standard InChI is InChI=1S/C40H59N9O6.C7H6F2O.C5H5N/c1-29-12-13-34(55-29)28-48(33-14-18-42-35(24-33)38(41)52)22-19-44-40(54)31-25-45-49(27-31)32-15-20-47(21-16-32)36(50)11-9-7-5-3-4-6-8-10-17-43-39(53)30-23-37(51)46(2)26-30;1-10-6-4-2-3-5(8)7(6)9;1-2-4-6-5-3-1/h14,18,24-25,27-30,32,34H,3-13,15-17,19-23,26H2,1-2H3,(H3-,41,43,44,52,53,54);2-4H,1H3;1-5H/p+1. The number of piperidine rings is 1. The maximum atomic E-state index is 13.1. The molecule has 19 heteroatoms. The minimum Gasteiger partial charge on any atom is -0.494 e. The quantitative estimate of drug-likeness (QED) is 0.0475. The molecule has 7 rings (SSSR count). The lowest BCUT2D eigenvalue weighted by Gasteiger charge is -2.32. The number of carbonyl (C=O) groups excluding carboxylic acids is 5. The monoisotopic (exact) mass is 986 g/mol. The van der Waals surface area contributed by atoms with E-state index in [1.807, 2.05) is 45.5 Å². The Bertz CT molecular complexity index is 2320. The second-order valence-electron chi connectivity index (χ2n) is 18.1. The number of nitrogens with one attached hydrogen (secondary N) is 2. The first-order chi connectivity index (χ1) is 34.3. The summed E-state index contributed by atoms with van der Waals surface area (Å²) in [6, 6.07) is 13.1. The van der Waals surface area contributed by atoms with Crippen LogP contribution in [0.25, 0.3) is 0 Å². The number of primary amides is 1. The summed E-state index contributed by atoms with van der Waals surface area (Å²) in [6.45, 7) is 5.40. The van der Waals surface area contributed by atoms with Crippen molar-refractivity contribution in [2.45, 2.75) is 115 Å². The van der Waals surface area contributed by atoms with Gasteiger partial charge in [0.05, 0.1) is 43.5 Å². The number of unbranched alkanes of at least 4 members (excludes halogenated alkanes) is 7. The van der Waals surface area contributed by atoms with Crippen molar-refractivity contribution in [2.75, 3.05) is 53.4 Å². The van der Waals surface area contributed by atoms with E-state index >= 15 is 0 Å². The molecule has 4 N–H and O–H groups in total. The van der Waals surface area contributed by atoms with E-state index in [2.05, 4.69) is 30.4 Å². The number of hydrogen-bond donors (Lipinski definition) is 3. The molecule has 3 aliphatic heterocycles. The number of carbonyl (C=O) groups is 5. The first kappa shape index (κ1) is 55.3. The number of benzene rings is 1. The summed E-state index contributed by atoms with van der Waals surface area (Å²) in [5.74, 6) is -2.68. The van der Waals surface area contributed by atoms with Crippen molar-refractivity contribution in [2.24, 2.45) is 11.7 Å². The Morgan fingerprint density at radius 3 is 2.23 bits per heavy atom. The fourth-order valence-electron chi connectivity index (χ4n) is 8.56. The van der Waals surface area contributed by atoms with Gasteiger partial charge in [-0.15, -0.1) is 0 Å². The van der Waals surface area contributed by atoms with Gasteiger partial charge in [-0.1, -0.05) is 50.7 Å². The van der Waals surface area contributed by atoms with Gasteiger partial charge in [0.2, 0.25) is 29.2 Å². The van der Waals surface area contributed by atoms with Gasteiger partial charge >= 0.3 is 0 Å². The molecule has 4 aromatic rings. The summed E-state index contributed by atoms with van der Waals surface area (Å²) in [5.41, 5.74) is 6.86. The van der Waals surface area contributed by atoms with E-state index in [4.69, 9.17) is 10.5 Å². The Kier molecular flexibility index (Phi) is 23.0. The molecular weight excluding hydrogens is 915 g/mol. The molecule has 3 atom stereocenters. The minimum atomic E-state index is -0.940. The van der Waals surface area contributed by atoms with Gasteiger partial charge in [0.1, 0.15) is 11.8 Å². The van der Waals surface area contributed by atoms with Gasteiger partial charge in [0, 0.05) is 83.0 Å². The molecule has 3 fully saturated rings. The smallest absolute Gasteiger partial charge is 0.267 e. The van der Waals surface area contributed by atoms with Gasteiger partial charge < -0.3 is 35.6 Å². The van der Waals surface area contributed by atoms with Gasteiger partial charge in [-0.2, -0.15) is 14.1 Å². The first-order valence-electron chi connectivity index (χ1n) is 24.8. The molecule has 0 saturated carbocycles. The van der Waals surface area contributed by atoms with E-state index in [0.29, 0.717) is 57.7 Å². The lowest BCUT2D eigenvalue weighted by atomic mass is 10.0. The van der Waals surface area contributed by atoms with Crippen molar-refractivity contribution in [3.05, 3.63) is 102 Å². The molecule has 0 aliphatic carbocycles. The number of nitrogens with two attached hydrogens (primary N) is 1. The van der Waals surface area contributed by atoms with Gasteiger partial charge in [-0.25, -0.2) is 4.39 Å². The van der Waals surface area contributed by atoms with Crippen LogP contribution < -0.4 is 21.1 Å². The molecule has 1 aromatic carbocycles. The second kappa shape index (κ2) is 29.5. The highest BCUT2D eigenvalue weighted by Gasteiger charge is 2.32. The number of hydrogen-bond acceptors (Lipinski definition) is 10. The molecule has 3 aromatic heterocycles. The van der Waals surface area contributed by atoms with E-state index in [1.54, 1.807) is 55.1 Å². The predicted octanol–water partition coefficient (Wildman–Crippen LogP) is 6.41. The van der Waals surface area contributed by atoms with Crippen LogP contribution in [0.4, 0.5) is 14.5 Å². The highest BCUT2D eigenvalue weighted by atomic mass is 19.2. The molecule has 6 heterocycles. The Morgan fingerprint density at radius 1 is 0.901 bits per heavy atom. The third kappa shape index (κ3) is 18.6. The van der Waals surface area contributed by atoms with Crippen LogP contribution in [0, 0.1) is 17.6 Å². The summed E-state index contributed by atoms with van der Waals surface area (Å²) in [5, 5.41) is 10.5. The summed E-state index contributed by atoms with van der Waals surface area (Å²) in [6.07, 6.45) is 23.4. The number of nitrogens with zero attached hydrogens (tertiary/aromatic N) is 7. The number of ether oxygens (including phenoxy) is 2. The van der Waals surface area contributed by atoms with Crippen molar-refractivity contribution in [3.8, 4) is 5.75 Å². The molecule has 17 nitrogen and oxygen atoms in total. The molecule has 3 saturated heterocycles. The lowest BCUT2D eigenvalue weighted by Crippen LogP contribution is -2.39. The third-order valence-electron chi connectivity index (χ3n) is 12.7. The molecular formula is C52H71F2N10O7+. The molecule has 71 heavy (non-hydrogen) atoms. The number of amides is 5. The van der Waals surface area contributed by atoms with Crippen LogP contribution in [-0.4, -0.2) is 136 Å². The van der Waals surface area contributed by atoms with Crippen LogP contribution in [0.2, 0.25) is 0 Å². The first-order valence-corrected chi connectivity index (χ1v) is 24.8. The van der Waals surface area contributed by atoms with Crippen molar-refractivity contribution in [1.29, 1.82) is 0 Å². The average Bonchev–Trinajstić information content (AvgIpc) is 4.14. The second-order valence-corrected chi connectivity index (χ2v) is 18.1. The molecule has 0 spiro atoms. The summed E-state index contributed by atoms with van der Waals surface area (Å²) < 4.78 is 39.1. The summed E-state index contributed by atoms with van der Waals surface area (Å²) in [4.78, 5) is 73.0. The topological polar surface area (TPSA) is 207 Å². The van der Waals surface area contributed by atoms with E-state index < -0.39 is 17.5 Å². The van der Waals surface area contributed by atoms with Crippen molar-refractivity contribution < 1.29 is 46.8 Å². The predicted molar refractivity (Wildman–Crippen MR) is 264 cm³/mol. The van der Waals surface area contributed by atoms with Gasteiger partial charge in [-0.3, -0.25) is 38.6 Å². The zero-order valence-corrected chi connectivity index (χ0v) is 41.4. The number of aromatic nitrogens is 4. The van der Waals surface area contributed by atoms with Crippen LogP contribution in [-0.2, 0) is 19.1 Å². The van der Waals surface area contributed by atoms with E-state index in [-0.39, 0.29) is 59.2 Å². The van der Waals surface area contributed by atoms with Crippen molar-refractivity contribution >= 4 is 41.4 Å². The molecule has 5 amide bonds. The van der Waals surface area contributed by atoms with Gasteiger partial charge in [0.25, 0.3) is 11.8 Å². The number of pyridine rings is 2. The molecule has 0 bridgehead atoms. The van der Waals surface area contributed by atoms with E-state index in [1.165, 1.54) is 19.2 Å². The Labute approximate surface area is 415 Å². The van der Waals surface area contributed by atoms with Crippen LogP contribution in [0.5, 0.6) is 5.75 Å². The Morgan fingerprint density at radius 2 is 1.62 bits per heavy atom. The lowest BCUT2D eigenvalue weighted by molar-refractivity contribution is -0.436. The van der Waals surface area contributed by atoms with E-state index in [9.17, 15) is 32.8 Å². The molecule has 3 unspecified atom stereocenters. The molecule has 384 valence electrons. The highest BCUT2D eigenvalue weighted by molar-refractivity contribution is 5.93. The minimum absolute atomic E-state index is 0.00714. The fraction of sp³-hybridized carbons (Fsp3) is 0.519. The Balaban J connectivity index is 0.000000493. The average molecular weight is 986 g/mol. The normalized spacial score (nSPS) is 18.0. The number of halogens is 2. The fourth-order valence-corrected chi connectivity index (χ4v) is 8.56. The summed E-state index contributed by atoms with van der Waals surface area (Å²) >= 11 is 0. The summed E-state index contributed by atoms with van der Waals surface area (Å²) in [7, 11) is 3.03. The van der Waals surface area contributed by atoms with Crippen molar-refractivity contribution in [1.82, 2.24) is 40.2 Å². The number of methoxy groups -OCH3 is 1. The molecule has 3 aliphatic rings. The maximum absolute atomic E-state index is 13.1. The maximum Gasteiger partial charge on any atom is 0.267 e. The molecule has 0 radical (unpaired) electrons. The Hall–Kier alpha value is -6.63. The highest BCUT2D eigenvalue weighted by Crippen LogP contribution is 2.24. The zero-order chi connectivity index (χ0) is 51.0. The third-order valence-corrected chi connectivity index (χ3v) is 12.7.